The zero-order chi connectivity index (χ0) is 19.1. The third-order valence-corrected chi connectivity index (χ3v) is 5.84. The third kappa shape index (κ3) is 19.9. The number of hydrogen-bond donors (Lipinski definition) is 0. The van der Waals surface area contributed by atoms with Crippen LogP contribution in [-0.4, -0.2) is 0 Å². The molecule has 26 heavy (non-hydrogen) atoms. The van der Waals surface area contributed by atoms with Crippen molar-refractivity contribution < 1.29 is 0 Å². The van der Waals surface area contributed by atoms with Crippen LogP contribution in [0, 0.1) is 18.3 Å². The molecule has 0 N–H and O–H groups in total. The van der Waals surface area contributed by atoms with Crippen LogP contribution in [0.4, 0.5) is 0 Å². The van der Waals surface area contributed by atoms with Crippen LogP contribution in [0.2, 0.25) is 0 Å². The molecule has 1 unspecified atom stereocenters. The van der Waals surface area contributed by atoms with E-state index in [1.54, 1.807) is 0 Å². The van der Waals surface area contributed by atoms with E-state index in [1.807, 2.05) is 0 Å². The fourth-order valence-electron chi connectivity index (χ4n) is 4.00. The van der Waals surface area contributed by atoms with Crippen molar-refractivity contribution in [2.24, 2.45) is 5.92 Å². The summed E-state index contributed by atoms with van der Waals surface area (Å²) < 4.78 is 0. The molecule has 0 heterocycles. The second kappa shape index (κ2) is 22.6. The summed E-state index contributed by atoms with van der Waals surface area (Å²) in [5.74, 6) is 3.71. The van der Waals surface area contributed by atoms with Crippen LogP contribution >= 0.6 is 0 Å². The Bertz CT molecular complexity index is 285. The minimum absolute atomic E-state index is 0.800. The monoisotopic (exact) mass is 362 g/mol. The van der Waals surface area contributed by atoms with E-state index < -0.39 is 0 Å². The molecule has 0 aliphatic heterocycles. The van der Waals surface area contributed by atoms with E-state index in [-0.39, 0.29) is 0 Å². The van der Waals surface area contributed by atoms with Crippen molar-refractivity contribution in [3.05, 3.63) is 0 Å². The van der Waals surface area contributed by atoms with Gasteiger partial charge in [-0.3, -0.25) is 0 Å². The molecule has 154 valence electrons. The average Bonchev–Trinajstić information content (AvgIpc) is 2.65. The van der Waals surface area contributed by atoms with Gasteiger partial charge in [0, 0.05) is 6.42 Å². The van der Waals surface area contributed by atoms with Gasteiger partial charge in [-0.25, -0.2) is 0 Å². The average molecular weight is 363 g/mol. The largest absolute Gasteiger partial charge is 0.120 e. The Kier molecular flexibility index (Phi) is 22.2. The lowest BCUT2D eigenvalue weighted by atomic mass is 9.92. The fraction of sp³-hybridized carbons (Fsp3) is 0.923. The van der Waals surface area contributed by atoms with Gasteiger partial charge < -0.3 is 0 Å². The van der Waals surface area contributed by atoms with Gasteiger partial charge in [0.1, 0.15) is 0 Å². The van der Waals surface area contributed by atoms with E-state index in [0.29, 0.717) is 0 Å². The molecule has 0 saturated carbocycles. The van der Waals surface area contributed by atoms with Crippen LogP contribution in [0.5, 0.6) is 0 Å². The van der Waals surface area contributed by atoms with Gasteiger partial charge >= 0.3 is 0 Å². The highest BCUT2D eigenvalue weighted by Gasteiger charge is 2.06. The van der Waals surface area contributed by atoms with Gasteiger partial charge in [-0.15, -0.1) is 12.3 Å². The number of unbranched alkanes of at least 4 members (excludes halogenated alkanes) is 16. The molecule has 0 aromatic carbocycles. The third-order valence-electron chi connectivity index (χ3n) is 5.84. The summed E-state index contributed by atoms with van der Waals surface area (Å²) in [6.45, 7) is 4.58. The van der Waals surface area contributed by atoms with Crippen LogP contribution in [-0.2, 0) is 0 Å². The topological polar surface area (TPSA) is 0 Å². The van der Waals surface area contributed by atoms with Crippen molar-refractivity contribution in [3.8, 4) is 12.3 Å². The summed E-state index contributed by atoms with van der Waals surface area (Å²) in [7, 11) is 0. The number of rotatable bonds is 21. The van der Waals surface area contributed by atoms with Crippen molar-refractivity contribution in [1.29, 1.82) is 0 Å². The molecular weight excluding hydrogens is 312 g/mol. The van der Waals surface area contributed by atoms with Gasteiger partial charge in [-0.05, 0) is 18.8 Å². The zero-order valence-corrected chi connectivity index (χ0v) is 18.5. The lowest BCUT2D eigenvalue weighted by Gasteiger charge is -2.14. The lowest BCUT2D eigenvalue weighted by Crippen LogP contribution is -2.00. The summed E-state index contributed by atoms with van der Waals surface area (Å²) >= 11 is 0. The summed E-state index contributed by atoms with van der Waals surface area (Å²) in [4.78, 5) is 0. The molecule has 0 rings (SSSR count). The van der Waals surface area contributed by atoms with Crippen molar-refractivity contribution in [2.75, 3.05) is 0 Å². The molecule has 0 radical (unpaired) electrons. The highest BCUT2D eigenvalue weighted by molar-refractivity contribution is 4.86. The van der Waals surface area contributed by atoms with E-state index in [0.717, 1.165) is 12.3 Å². The lowest BCUT2D eigenvalue weighted by molar-refractivity contribution is 0.411. The van der Waals surface area contributed by atoms with Gasteiger partial charge in [0.2, 0.25) is 0 Å². The molecule has 0 aliphatic carbocycles. The van der Waals surface area contributed by atoms with Crippen molar-refractivity contribution in [2.45, 2.75) is 149 Å². The number of terminal acetylenes is 1. The number of hydrogen-bond acceptors (Lipinski definition) is 0. The van der Waals surface area contributed by atoms with Gasteiger partial charge in [0.15, 0.2) is 0 Å². The predicted molar refractivity (Wildman–Crippen MR) is 121 cm³/mol. The summed E-state index contributed by atoms with van der Waals surface area (Å²) in [6, 6.07) is 0. The standard InChI is InChI=1S/C26H50/c1-4-7-9-11-12-13-14-15-16-17-18-19-20-22-25-26(23-6-3)24-21-10-8-5-2/h3,26H,4-5,7-25H2,1-2H3. The SMILES string of the molecule is C#CCC(CCCCCC)CCCCCCCCCCCCCCCC. The van der Waals surface area contributed by atoms with Crippen LogP contribution in [0.15, 0.2) is 0 Å². The van der Waals surface area contributed by atoms with Gasteiger partial charge in [-0.1, -0.05) is 129 Å². The molecule has 0 nitrogen and oxygen atoms in total. The second-order valence-corrected chi connectivity index (χ2v) is 8.51. The van der Waals surface area contributed by atoms with E-state index >= 15 is 0 Å². The van der Waals surface area contributed by atoms with Crippen LogP contribution in [0.25, 0.3) is 0 Å². The van der Waals surface area contributed by atoms with Gasteiger partial charge in [0.25, 0.3) is 0 Å². The van der Waals surface area contributed by atoms with Crippen LogP contribution in [0.3, 0.4) is 0 Å². The fourth-order valence-corrected chi connectivity index (χ4v) is 4.00. The first-order chi connectivity index (χ1) is 12.8. The van der Waals surface area contributed by atoms with E-state index in [4.69, 9.17) is 6.42 Å². The molecule has 0 heteroatoms. The van der Waals surface area contributed by atoms with Crippen LogP contribution < -0.4 is 0 Å². The first-order valence-corrected chi connectivity index (χ1v) is 12.3. The zero-order valence-electron chi connectivity index (χ0n) is 18.5. The minimum Gasteiger partial charge on any atom is -0.120 e. The Hall–Kier alpha value is -0.440. The first kappa shape index (κ1) is 25.6. The molecule has 0 spiro atoms. The highest BCUT2D eigenvalue weighted by atomic mass is 14.1. The quantitative estimate of drug-likeness (QED) is 0.141. The molecular formula is C26H50. The maximum atomic E-state index is 5.56. The summed E-state index contributed by atoms with van der Waals surface area (Å²) in [5.41, 5.74) is 0. The van der Waals surface area contributed by atoms with Gasteiger partial charge in [0.05, 0.1) is 0 Å². The molecule has 0 bridgehead atoms. The molecule has 0 aromatic heterocycles. The van der Waals surface area contributed by atoms with Crippen molar-refractivity contribution >= 4 is 0 Å². The van der Waals surface area contributed by atoms with Crippen molar-refractivity contribution in [3.63, 3.8) is 0 Å². The Morgan fingerprint density at radius 2 is 0.808 bits per heavy atom. The maximum absolute atomic E-state index is 5.56. The second-order valence-electron chi connectivity index (χ2n) is 8.51. The van der Waals surface area contributed by atoms with Gasteiger partial charge in [-0.2, -0.15) is 0 Å². The molecule has 0 aromatic rings. The Morgan fingerprint density at radius 3 is 1.15 bits per heavy atom. The highest BCUT2D eigenvalue weighted by Crippen LogP contribution is 2.21. The first-order valence-electron chi connectivity index (χ1n) is 12.3. The van der Waals surface area contributed by atoms with Crippen LogP contribution in [0.1, 0.15) is 149 Å². The Morgan fingerprint density at radius 1 is 0.500 bits per heavy atom. The van der Waals surface area contributed by atoms with E-state index in [2.05, 4.69) is 19.8 Å². The molecule has 1 atom stereocenters. The molecule has 0 saturated heterocycles. The minimum atomic E-state index is 0.800. The summed E-state index contributed by atoms with van der Waals surface area (Å²) in [6.07, 6.45) is 35.0. The normalized spacial score (nSPS) is 12.2. The Balaban J connectivity index is 3.30. The molecule has 0 fully saturated rings. The molecule has 0 aliphatic rings. The van der Waals surface area contributed by atoms with E-state index in [1.165, 1.54) is 128 Å². The predicted octanol–water partition coefficient (Wildman–Crippen LogP) is 9.47. The van der Waals surface area contributed by atoms with E-state index in [9.17, 15) is 0 Å². The summed E-state index contributed by atoms with van der Waals surface area (Å²) in [5, 5.41) is 0. The smallest absolute Gasteiger partial charge is 0.0114 e. The Labute approximate surface area is 167 Å². The molecule has 0 amide bonds. The maximum Gasteiger partial charge on any atom is 0.0114 e. The van der Waals surface area contributed by atoms with Crippen molar-refractivity contribution in [1.82, 2.24) is 0 Å².